The quantitative estimate of drug-likeness (QED) is 0.141. The molecule has 3 nitrogen and oxygen atoms in total. The second-order valence-electron chi connectivity index (χ2n) is 21.8. The zero-order valence-corrected chi connectivity index (χ0v) is 44.9. The average molecular weight is 1040 g/mol. The van der Waals surface area contributed by atoms with Crippen LogP contribution in [0.1, 0.15) is 72.3 Å². The second kappa shape index (κ2) is 18.8. The molecule has 0 saturated heterocycles. The van der Waals surface area contributed by atoms with Gasteiger partial charge in [0.05, 0.1) is 45.0 Å². The summed E-state index contributed by atoms with van der Waals surface area (Å²) in [5.41, 5.74) is 27.2. The van der Waals surface area contributed by atoms with Crippen molar-refractivity contribution in [3.63, 3.8) is 0 Å². The monoisotopic (exact) mass is 1040 g/mol. The first kappa shape index (κ1) is 47.4. The fraction of sp³-hybridized carbons (Fsp3) is 0.0253. The van der Waals surface area contributed by atoms with E-state index in [1.54, 1.807) is 0 Å². The molecule has 1 spiro atoms. The van der Waals surface area contributed by atoms with Gasteiger partial charge in [-0.2, -0.15) is 0 Å². The standard InChI is InChI=1S/C79H53N3/c80-74(53-30-8-2-9-31-53)71(52-28-6-1-7-29-52)76-59-40-16-17-41-60(59)77(75(81-76)54-32-10-3-11-33-54)82(69-50-26-48-67-72(69)61-42-20-24-46-65(61)78(67,55-34-12-4-13-35-55)56-36-14-5-15-37-56)70-51-27-49-68-73(70)62-43-21-25-47-66(62)79(68)63-44-22-18-38-57(63)58-39-19-23-45-64(58)79/h1-51,80-81H/b76-71-,80-74?. The molecular formula is C79H53N3. The number of fused-ring (bicyclic) bond motifs is 14. The molecule has 16 rings (SSSR count). The summed E-state index contributed by atoms with van der Waals surface area (Å²) >= 11 is 0. The molecule has 4 aliphatic rings. The fourth-order valence-corrected chi connectivity index (χ4v) is 14.6. The number of nitrogens with zero attached hydrogens (tertiary/aromatic N) is 1. The lowest BCUT2D eigenvalue weighted by Crippen LogP contribution is -2.30. The van der Waals surface area contributed by atoms with Gasteiger partial charge in [-0.25, -0.2) is 0 Å². The summed E-state index contributed by atoms with van der Waals surface area (Å²) in [5, 5.41) is 14.5. The molecule has 1 aliphatic heterocycles. The van der Waals surface area contributed by atoms with Crippen LogP contribution in [0.2, 0.25) is 0 Å². The van der Waals surface area contributed by atoms with Gasteiger partial charge in [-0.05, 0) is 84.5 Å². The SMILES string of the molecule is N=C(/C(=C1\NC(c2ccccc2)=C(N(c2cccc3c2-c2ccccc2C3(c2ccccc2)c2ccccc2)c2cccc3c2-c2ccccc2C32c3ccccc3-c3ccccc32)c2ccccc21)c1ccccc1)c1ccccc1. The minimum absolute atomic E-state index is 0.437. The molecule has 0 radical (unpaired) electrons. The first-order chi connectivity index (χ1) is 40.7. The van der Waals surface area contributed by atoms with Crippen LogP contribution >= 0.6 is 0 Å². The van der Waals surface area contributed by atoms with Crippen LogP contribution in [0.15, 0.2) is 309 Å². The van der Waals surface area contributed by atoms with Crippen molar-refractivity contribution >= 4 is 39.8 Å². The van der Waals surface area contributed by atoms with Crippen LogP contribution in [0.4, 0.5) is 11.4 Å². The van der Waals surface area contributed by atoms with Gasteiger partial charge in [0.1, 0.15) is 0 Å². The normalized spacial score (nSPS) is 14.8. The molecule has 0 unspecified atom stereocenters. The van der Waals surface area contributed by atoms with E-state index in [9.17, 15) is 5.41 Å². The Morgan fingerprint density at radius 2 is 0.671 bits per heavy atom. The van der Waals surface area contributed by atoms with Crippen LogP contribution in [0.25, 0.3) is 56.0 Å². The van der Waals surface area contributed by atoms with E-state index in [-0.39, 0.29) is 0 Å². The Morgan fingerprint density at radius 1 is 0.305 bits per heavy atom. The Labute approximate surface area is 478 Å². The van der Waals surface area contributed by atoms with Gasteiger partial charge in [0.2, 0.25) is 0 Å². The van der Waals surface area contributed by atoms with Crippen molar-refractivity contribution in [2.45, 2.75) is 10.8 Å². The number of allylic oxidation sites excluding steroid dienone is 1. The van der Waals surface area contributed by atoms with Crippen molar-refractivity contribution in [1.29, 1.82) is 5.41 Å². The lowest BCUT2D eigenvalue weighted by atomic mass is 9.68. The summed E-state index contributed by atoms with van der Waals surface area (Å²) in [6.45, 7) is 0. The highest BCUT2D eigenvalue weighted by atomic mass is 15.2. The molecule has 1 heterocycles. The van der Waals surface area contributed by atoms with E-state index in [1.807, 2.05) is 30.3 Å². The Kier molecular flexibility index (Phi) is 10.8. The molecule has 2 N–H and O–H groups in total. The van der Waals surface area contributed by atoms with E-state index in [0.717, 1.165) is 61.9 Å². The van der Waals surface area contributed by atoms with Gasteiger partial charge in [-0.15, -0.1) is 0 Å². The third kappa shape index (κ3) is 6.68. The van der Waals surface area contributed by atoms with E-state index >= 15 is 0 Å². The van der Waals surface area contributed by atoms with Crippen LogP contribution < -0.4 is 10.2 Å². The van der Waals surface area contributed by atoms with Gasteiger partial charge < -0.3 is 10.2 Å². The largest absolute Gasteiger partial charge is 0.352 e. The molecular weight excluding hydrogens is 991 g/mol. The minimum atomic E-state index is -0.652. The lowest BCUT2D eigenvalue weighted by molar-refractivity contribution is 0.768. The van der Waals surface area contributed by atoms with Crippen molar-refractivity contribution in [3.05, 3.63) is 382 Å². The van der Waals surface area contributed by atoms with Gasteiger partial charge in [0.15, 0.2) is 0 Å². The number of hydrogen-bond acceptors (Lipinski definition) is 3. The maximum Gasteiger partial charge on any atom is 0.0783 e. The maximum absolute atomic E-state index is 10.2. The second-order valence-corrected chi connectivity index (χ2v) is 21.8. The molecule has 0 saturated carbocycles. The maximum atomic E-state index is 10.2. The lowest BCUT2D eigenvalue weighted by Gasteiger charge is -2.39. The molecule has 12 aromatic carbocycles. The van der Waals surface area contributed by atoms with Crippen molar-refractivity contribution < 1.29 is 0 Å². The van der Waals surface area contributed by atoms with Crippen molar-refractivity contribution in [3.8, 4) is 33.4 Å². The molecule has 384 valence electrons. The van der Waals surface area contributed by atoms with Crippen molar-refractivity contribution in [2.24, 2.45) is 0 Å². The number of benzene rings is 12. The predicted octanol–water partition coefficient (Wildman–Crippen LogP) is 18.6. The zero-order chi connectivity index (χ0) is 54.4. The Hall–Kier alpha value is -10.6. The van der Waals surface area contributed by atoms with Gasteiger partial charge in [-0.1, -0.05) is 297 Å². The summed E-state index contributed by atoms with van der Waals surface area (Å²) in [4.78, 5) is 2.62. The Morgan fingerprint density at radius 3 is 1.18 bits per heavy atom. The van der Waals surface area contributed by atoms with E-state index < -0.39 is 10.8 Å². The molecule has 0 fully saturated rings. The topological polar surface area (TPSA) is 39.1 Å². The first-order valence-corrected chi connectivity index (χ1v) is 28.3. The predicted molar refractivity (Wildman–Crippen MR) is 338 cm³/mol. The average Bonchev–Trinajstić information content (AvgIpc) is 2.96. The molecule has 0 atom stereocenters. The summed E-state index contributed by atoms with van der Waals surface area (Å²) in [7, 11) is 0. The van der Waals surface area contributed by atoms with Crippen molar-refractivity contribution in [2.75, 3.05) is 4.90 Å². The smallest absolute Gasteiger partial charge is 0.0783 e. The van der Waals surface area contributed by atoms with E-state index in [4.69, 9.17) is 0 Å². The van der Waals surface area contributed by atoms with E-state index in [0.29, 0.717) is 5.71 Å². The molecule has 3 aliphatic carbocycles. The number of rotatable bonds is 9. The van der Waals surface area contributed by atoms with Crippen LogP contribution in [0.5, 0.6) is 0 Å². The summed E-state index contributed by atoms with van der Waals surface area (Å²) in [6.07, 6.45) is 0. The highest BCUT2D eigenvalue weighted by Gasteiger charge is 2.53. The van der Waals surface area contributed by atoms with Crippen LogP contribution in [-0.4, -0.2) is 5.71 Å². The first-order valence-electron chi connectivity index (χ1n) is 28.3. The molecule has 82 heavy (non-hydrogen) atoms. The molecule has 12 aromatic rings. The van der Waals surface area contributed by atoms with Crippen LogP contribution in [0.3, 0.4) is 0 Å². The van der Waals surface area contributed by atoms with Gasteiger partial charge in [-0.3, -0.25) is 5.41 Å². The fourth-order valence-electron chi connectivity index (χ4n) is 14.6. The third-order valence-corrected chi connectivity index (χ3v) is 17.8. The number of nitrogens with one attached hydrogen (secondary N) is 2. The molecule has 0 aromatic heterocycles. The molecule has 0 amide bonds. The Balaban J connectivity index is 1.07. The summed E-state index contributed by atoms with van der Waals surface area (Å²) < 4.78 is 0. The highest BCUT2D eigenvalue weighted by Crippen LogP contribution is 2.66. The van der Waals surface area contributed by atoms with Crippen LogP contribution in [0, 0.1) is 5.41 Å². The van der Waals surface area contributed by atoms with Gasteiger partial charge in [0.25, 0.3) is 0 Å². The highest BCUT2D eigenvalue weighted by molar-refractivity contribution is 6.36. The summed E-state index contributed by atoms with van der Waals surface area (Å²) in [6, 6.07) is 113. The van der Waals surface area contributed by atoms with Crippen molar-refractivity contribution in [1.82, 2.24) is 5.32 Å². The number of hydrogen-bond donors (Lipinski definition) is 2. The van der Waals surface area contributed by atoms with E-state index in [1.165, 1.54) is 77.9 Å². The zero-order valence-electron chi connectivity index (χ0n) is 44.9. The van der Waals surface area contributed by atoms with E-state index in [2.05, 4.69) is 289 Å². The molecule has 0 bridgehead atoms. The van der Waals surface area contributed by atoms with Crippen LogP contribution in [-0.2, 0) is 10.8 Å². The molecule has 3 heteroatoms. The van der Waals surface area contributed by atoms with Gasteiger partial charge >= 0.3 is 0 Å². The summed E-state index contributed by atoms with van der Waals surface area (Å²) in [5.74, 6) is 0. The Bertz CT molecular complexity index is 4410. The van der Waals surface area contributed by atoms with Gasteiger partial charge in [0, 0.05) is 39.0 Å². The minimum Gasteiger partial charge on any atom is -0.352 e. The third-order valence-electron chi connectivity index (χ3n) is 17.8. The number of anilines is 2.